The number of nitrogens with zero attached hydrogens (tertiary/aromatic N) is 5. The quantitative estimate of drug-likeness (QED) is 0.396. The first kappa shape index (κ1) is 20.3. The number of aliphatic hydroxyl groups is 1. The minimum absolute atomic E-state index is 0.0660. The van der Waals surface area contributed by atoms with Gasteiger partial charge in [-0.2, -0.15) is 5.26 Å². The van der Waals surface area contributed by atoms with Crippen LogP contribution in [0.25, 0.3) is 5.70 Å². The van der Waals surface area contributed by atoms with Crippen LogP contribution in [0, 0.1) is 11.5 Å². The van der Waals surface area contributed by atoms with Gasteiger partial charge in [0.15, 0.2) is 6.19 Å². The van der Waals surface area contributed by atoms with Crippen LogP contribution in [0.3, 0.4) is 0 Å². The number of methoxy groups -OCH3 is 1. The summed E-state index contributed by atoms with van der Waals surface area (Å²) in [6, 6.07) is 7.38. The molecule has 0 saturated carbocycles. The summed E-state index contributed by atoms with van der Waals surface area (Å²) in [5.41, 5.74) is 3.61. The van der Waals surface area contributed by atoms with E-state index in [2.05, 4.69) is 22.9 Å². The van der Waals surface area contributed by atoms with Crippen LogP contribution >= 0.6 is 0 Å². The van der Waals surface area contributed by atoms with E-state index in [0.29, 0.717) is 43.3 Å². The van der Waals surface area contributed by atoms with Crippen molar-refractivity contribution in [2.45, 2.75) is 0 Å². The Morgan fingerprint density at radius 2 is 2.33 bits per heavy atom. The first-order valence-corrected chi connectivity index (χ1v) is 8.48. The van der Waals surface area contributed by atoms with Gasteiger partial charge in [0.05, 0.1) is 44.3 Å². The standard InChI is InChI=1S/C19H23N5O3/c1-21-19(17-11-23(13-20)12-18(17)22-6-8-25)15-4-3-5-16(10-15)24(14-26)7-9-27-2/h3-5,10,14,25H,1,6-9,11-12H2,2H3/b19-17-,22-18-. The number of nitriles is 1. The number of carbonyl (C=O) groups excluding carboxylic acids is 1. The lowest BCUT2D eigenvalue weighted by atomic mass is 10.0. The Kier molecular flexibility index (Phi) is 7.67. The van der Waals surface area contributed by atoms with Gasteiger partial charge in [0.25, 0.3) is 0 Å². The topological polar surface area (TPSA) is 102 Å². The smallest absolute Gasteiger partial charge is 0.214 e. The lowest BCUT2D eigenvalue weighted by Gasteiger charge is -2.18. The molecular formula is C19H23N5O3. The highest BCUT2D eigenvalue weighted by atomic mass is 16.5. The van der Waals surface area contributed by atoms with Crippen molar-refractivity contribution in [1.82, 2.24) is 4.90 Å². The van der Waals surface area contributed by atoms with Crippen molar-refractivity contribution in [3.05, 3.63) is 35.4 Å². The molecule has 8 heteroatoms. The normalized spacial score (nSPS) is 16.9. The molecule has 0 unspecified atom stereocenters. The van der Waals surface area contributed by atoms with E-state index in [1.807, 2.05) is 24.3 Å². The largest absolute Gasteiger partial charge is 0.394 e. The van der Waals surface area contributed by atoms with Crippen molar-refractivity contribution in [3.63, 3.8) is 0 Å². The molecule has 1 aromatic rings. The molecule has 1 heterocycles. The van der Waals surface area contributed by atoms with E-state index >= 15 is 0 Å². The van der Waals surface area contributed by atoms with Gasteiger partial charge < -0.3 is 19.6 Å². The number of benzene rings is 1. The second-order valence-electron chi connectivity index (χ2n) is 5.84. The van der Waals surface area contributed by atoms with Crippen LogP contribution < -0.4 is 4.90 Å². The molecule has 8 nitrogen and oxygen atoms in total. The van der Waals surface area contributed by atoms with E-state index < -0.39 is 0 Å². The fraction of sp³-hybridized carbons (Fsp3) is 0.368. The summed E-state index contributed by atoms with van der Waals surface area (Å²) in [6.45, 7) is 5.48. The number of aliphatic hydroxyl groups excluding tert-OH is 1. The Morgan fingerprint density at radius 3 is 2.96 bits per heavy atom. The molecule has 142 valence electrons. The number of likely N-dealkylation sites (tertiary alicyclic amines) is 1. The summed E-state index contributed by atoms with van der Waals surface area (Å²) in [6.07, 6.45) is 2.88. The van der Waals surface area contributed by atoms with E-state index in [1.165, 1.54) is 0 Å². The predicted molar refractivity (Wildman–Crippen MR) is 105 cm³/mol. The molecule has 0 bridgehead atoms. The van der Waals surface area contributed by atoms with E-state index in [0.717, 1.165) is 17.5 Å². The van der Waals surface area contributed by atoms with Gasteiger partial charge >= 0.3 is 0 Å². The van der Waals surface area contributed by atoms with E-state index in [-0.39, 0.29) is 13.2 Å². The Balaban J connectivity index is 2.45. The highest BCUT2D eigenvalue weighted by Gasteiger charge is 2.26. The molecule has 2 rings (SSSR count). The molecule has 0 aromatic heterocycles. The van der Waals surface area contributed by atoms with Crippen molar-refractivity contribution >= 4 is 30.2 Å². The van der Waals surface area contributed by atoms with Gasteiger partial charge in [-0.05, 0) is 18.9 Å². The van der Waals surface area contributed by atoms with Crippen molar-refractivity contribution in [3.8, 4) is 6.19 Å². The van der Waals surface area contributed by atoms with E-state index in [1.54, 1.807) is 16.9 Å². The Hall–Kier alpha value is -3.02. The summed E-state index contributed by atoms with van der Waals surface area (Å²) in [5.74, 6) is 0. The van der Waals surface area contributed by atoms with Gasteiger partial charge in [-0.3, -0.25) is 14.8 Å². The number of anilines is 1. The zero-order chi connectivity index (χ0) is 19.6. The van der Waals surface area contributed by atoms with E-state index in [9.17, 15) is 10.1 Å². The molecule has 1 amide bonds. The van der Waals surface area contributed by atoms with Crippen molar-refractivity contribution in [2.24, 2.45) is 9.98 Å². The van der Waals surface area contributed by atoms with Crippen LogP contribution in [-0.4, -0.2) is 75.3 Å². The van der Waals surface area contributed by atoms with Crippen LogP contribution in [-0.2, 0) is 9.53 Å². The molecule has 27 heavy (non-hydrogen) atoms. The van der Waals surface area contributed by atoms with Crippen molar-refractivity contribution in [1.29, 1.82) is 5.26 Å². The average molecular weight is 369 g/mol. The molecule has 1 saturated heterocycles. The first-order chi connectivity index (χ1) is 13.2. The maximum atomic E-state index is 11.4. The van der Waals surface area contributed by atoms with E-state index in [4.69, 9.17) is 9.84 Å². The highest BCUT2D eigenvalue weighted by Crippen LogP contribution is 2.28. The van der Waals surface area contributed by atoms with Crippen LogP contribution in [0.5, 0.6) is 0 Å². The molecule has 1 fully saturated rings. The zero-order valence-electron chi connectivity index (χ0n) is 15.3. The third kappa shape index (κ3) is 5.00. The Morgan fingerprint density at radius 1 is 1.52 bits per heavy atom. The highest BCUT2D eigenvalue weighted by molar-refractivity contribution is 6.10. The Labute approximate surface area is 158 Å². The third-order valence-electron chi connectivity index (χ3n) is 4.14. The number of hydrogen-bond acceptors (Lipinski definition) is 7. The van der Waals surface area contributed by atoms with Crippen molar-refractivity contribution < 1.29 is 14.6 Å². The second kappa shape index (κ2) is 10.2. The van der Waals surface area contributed by atoms with Gasteiger partial charge in [0, 0.05) is 30.5 Å². The van der Waals surface area contributed by atoms with Gasteiger partial charge in [-0.15, -0.1) is 0 Å². The molecule has 0 radical (unpaired) electrons. The lowest BCUT2D eigenvalue weighted by molar-refractivity contribution is -0.107. The molecule has 1 aromatic carbocycles. The summed E-state index contributed by atoms with van der Waals surface area (Å²) in [7, 11) is 1.58. The third-order valence-corrected chi connectivity index (χ3v) is 4.14. The van der Waals surface area contributed by atoms with Gasteiger partial charge in [-0.25, -0.2) is 0 Å². The van der Waals surface area contributed by atoms with Gasteiger partial charge in [0.1, 0.15) is 0 Å². The van der Waals surface area contributed by atoms with Gasteiger partial charge in [-0.1, -0.05) is 12.1 Å². The number of hydrogen-bond donors (Lipinski definition) is 1. The molecule has 0 aliphatic carbocycles. The zero-order valence-corrected chi connectivity index (χ0v) is 15.3. The Bertz CT molecular complexity index is 782. The minimum atomic E-state index is -0.0660. The fourth-order valence-corrected chi connectivity index (χ4v) is 2.85. The SMILES string of the molecule is C=N/C(=C1/CN(C#N)C/C1=N/CCO)c1cccc(N(C=O)CCOC)c1. The van der Waals surface area contributed by atoms with Gasteiger partial charge in [0.2, 0.25) is 6.41 Å². The van der Waals surface area contributed by atoms with Crippen LogP contribution in [0.2, 0.25) is 0 Å². The summed E-state index contributed by atoms with van der Waals surface area (Å²) < 4.78 is 5.04. The first-order valence-electron chi connectivity index (χ1n) is 8.48. The number of aliphatic imine (C=N–C) groups is 2. The molecule has 1 aliphatic heterocycles. The second-order valence-corrected chi connectivity index (χ2v) is 5.84. The van der Waals surface area contributed by atoms with Crippen LogP contribution in [0.4, 0.5) is 5.69 Å². The molecule has 1 N–H and O–H groups in total. The van der Waals surface area contributed by atoms with Crippen molar-refractivity contribution in [2.75, 3.05) is 51.4 Å². The number of carbonyl (C=O) groups is 1. The molecule has 0 atom stereocenters. The van der Waals surface area contributed by atoms with Crippen LogP contribution in [0.1, 0.15) is 5.56 Å². The maximum absolute atomic E-state index is 11.4. The summed E-state index contributed by atoms with van der Waals surface area (Å²) in [4.78, 5) is 23.1. The maximum Gasteiger partial charge on any atom is 0.214 e. The number of rotatable bonds is 9. The fourth-order valence-electron chi connectivity index (χ4n) is 2.85. The summed E-state index contributed by atoms with van der Waals surface area (Å²) >= 11 is 0. The minimum Gasteiger partial charge on any atom is -0.394 e. The lowest BCUT2D eigenvalue weighted by Crippen LogP contribution is -2.25. The average Bonchev–Trinajstić information content (AvgIpc) is 3.11. The number of ether oxygens (including phenoxy) is 1. The summed E-state index contributed by atoms with van der Waals surface area (Å²) in [5, 5.41) is 18.3. The predicted octanol–water partition coefficient (Wildman–Crippen LogP) is 0.937. The number of amides is 1. The monoisotopic (exact) mass is 369 g/mol. The van der Waals surface area contributed by atoms with Crippen LogP contribution in [0.15, 0.2) is 39.8 Å². The molecular weight excluding hydrogens is 346 g/mol. The molecule has 1 aliphatic rings. The molecule has 0 spiro atoms.